The highest BCUT2D eigenvalue weighted by Crippen LogP contribution is 2.78. The molecule has 2 aromatic carbocycles. The van der Waals surface area contributed by atoms with E-state index in [0.717, 1.165) is 78.7 Å². The number of nitrogens with one attached hydrogen (secondary N) is 1. The van der Waals surface area contributed by atoms with E-state index in [0.29, 0.717) is 19.4 Å². The minimum absolute atomic E-state index is 0.0133. The standard InChI is InChI=1S/C50H64N2O4/c1-32(2)51-44(55)52(30-47-25-33-22-34(26-47)24-35(23-33)27-47)31-49(56)19-16-42-46(49,4)18-15-41-45(3)17-14-37(53)28-48(45)20-21-50(41,42)40(29-48)43(54)39-13-9-8-12-38(39)36-10-6-5-7-11-36/h5-13,20-21,29,32-35,37,41-42,53,56H,14-19,22-28,30-31H2,1-4H3,(H,51,55)/t33?,34?,35?,37?,41-,42-,45-,46+,47?,48+,49-,50-/m1/s1. The molecule has 6 heteroatoms. The molecule has 10 aliphatic rings. The molecule has 2 spiro atoms. The zero-order valence-corrected chi connectivity index (χ0v) is 34.2. The van der Waals surface area contributed by atoms with Crippen molar-refractivity contribution in [1.29, 1.82) is 0 Å². The number of ketones is 1. The van der Waals surface area contributed by atoms with Crippen molar-refractivity contribution in [2.24, 2.45) is 56.7 Å². The van der Waals surface area contributed by atoms with Crippen molar-refractivity contribution >= 4 is 11.8 Å². The molecule has 8 atom stereocenters. The van der Waals surface area contributed by atoms with Crippen LogP contribution in [0.4, 0.5) is 4.79 Å². The Balaban J connectivity index is 1.05. The Labute approximate surface area is 334 Å². The molecular weight excluding hydrogens is 693 g/mol. The number of nitrogens with zero attached hydrogens (tertiary/aromatic N) is 1. The zero-order chi connectivity index (χ0) is 38.9. The van der Waals surface area contributed by atoms with E-state index in [2.05, 4.69) is 60.5 Å². The van der Waals surface area contributed by atoms with Crippen molar-refractivity contribution in [1.82, 2.24) is 10.2 Å². The van der Waals surface area contributed by atoms with E-state index in [9.17, 15) is 15.0 Å². The van der Waals surface area contributed by atoms with Gasteiger partial charge in [-0.05, 0) is 149 Å². The molecule has 0 saturated heterocycles. The molecule has 2 aromatic rings. The van der Waals surface area contributed by atoms with Crippen LogP contribution in [0.3, 0.4) is 0 Å². The van der Waals surface area contributed by atoms with Gasteiger partial charge in [-0.2, -0.15) is 0 Å². The minimum atomic E-state index is -1.09. The lowest BCUT2D eigenvalue weighted by atomic mass is 9.32. The highest BCUT2D eigenvalue weighted by atomic mass is 16.3. The smallest absolute Gasteiger partial charge is 0.317 e. The third kappa shape index (κ3) is 5.19. The van der Waals surface area contributed by atoms with Gasteiger partial charge in [-0.15, -0.1) is 0 Å². The van der Waals surface area contributed by atoms with Gasteiger partial charge in [-0.1, -0.05) is 86.7 Å². The van der Waals surface area contributed by atoms with Gasteiger partial charge >= 0.3 is 6.03 Å². The second kappa shape index (κ2) is 12.6. The van der Waals surface area contributed by atoms with Gasteiger partial charge in [0.15, 0.2) is 5.78 Å². The number of urea groups is 1. The monoisotopic (exact) mass is 756 g/mol. The van der Waals surface area contributed by atoms with Crippen molar-refractivity contribution in [2.45, 2.75) is 129 Å². The molecule has 6 bridgehead atoms. The summed E-state index contributed by atoms with van der Waals surface area (Å²) in [6, 6.07) is 18.3. The maximum absolute atomic E-state index is 15.6. The van der Waals surface area contributed by atoms with E-state index in [1.165, 1.54) is 38.5 Å². The van der Waals surface area contributed by atoms with Crippen LogP contribution in [0.5, 0.6) is 0 Å². The second-order valence-electron chi connectivity index (χ2n) is 21.4. The van der Waals surface area contributed by atoms with Crippen molar-refractivity contribution < 1.29 is 19.8 Å². The molecule has 6 nitrogen and oxygen atoms in total. The van der Waals surface area contributed by atoms with E-state index < -0.39 is 27.9 Å². The summed E-state index contributed by atoms with van der Waals surface area (Å²) in [5, 5.41) is 27.9. The largest absolute Gasteiger partial charge is 0.393 e. The molecule has 56 heavy (non-hydrogen) atoms. The number of hydrogen-bond donors (Lipinski definition) is 3. The third-order valence-corrected chi connectivity index (χ3v) is 18.1. The molecule has 0 radical (unpaired) electrons. The first-order valence-electron chi connectivity index (χ1n) is 22.3. The Kier molecular flexibility index (Phi) is 8.37. The fourth-order valence-corrected chi connectivity index (χ4v) is 16.0. The van der Waals surface area contributed by atoms with Gasteiger partial charge in [0, 0.05) is 40.0 Å². The molecule has 0 aromatic heterocycles. The molecule has 2 amide bonds. The summed E-state index contributed by atoms with van der Waals surface area (Å²) < 4.78 is 0. The first-order chi connectivity index (χ1) is 26.7. The van der Waals surface area contributed by atoms with Crippen LogP contribution in [0, 0.1) is 56.7 Å². The van der Waals surface area contributed by atoms with Crippen LogP contribution in [0.15, 0.2) is 78.4 Å². The Morgan fingerprint density at radius 3 is 2.11 bits per heavy atom. The Morgan fingerprint density at radius 2 is 1.41 bits per heavy atom. The summed E-state index contributed by atoms with van der Waals surface area (Å²) in [5.41, 5.74) is 1.08. The summed E-state index contributed by atoms with van der Waals surface area (Å²) in [6.07, 6.45) is 20.0. The van der Waals surface area contributed by atoms with Crippen LogP contribution >= 0.6 is 0 Å². The zero-order valence-electron chi connectivity index (χ0n) is 34.2. The number of Topliss-reactive ketones (excluding diaryl/α,β-unsaturated/α-hetero) is 1. The highest BCUT2D eigenvalue weighted by molar-refractivity contribution is 6.14. The van der Waals surface area contributed by atoms with Crippen LogP contribution in [0.1, 0.15) is 122 Å². The Hall–Kier alpha value is -3.22. The molecule has 0 heterocycles. The van der Waals surface area contributed by atoms with E-state index in [1.54, 1.807) is 0 Å². The lowest BCUT2D eigenvalue weighted by Gasteiger charge is -2.71. The van der Waals surface area contributed by atoms with Gasteiger partial charge in [-0.25, -0.2) is 4.79 Å². The summed E-state index contributed by atoms with van der Waals surface area (Å²) >= 11 is 0. The molecule has 10 aliphatic carbocycles. The van der Waals surface area contributed by atoms with Crippen LogP contribution in [-0.2, 0) is 0 Å². The summed E-state index contributed by atoms with van der Waals surface area (Å²) in [4.78, 5) is 32.0. The number of aliphatic hydroxyl groups excluding tert-OH is 1. The highest BCUT2D eigenvalue weighted by Gasteiger charge is 2.74. The number of aliphatic hydroxyl groups is 2. The fraction of sp³-hybridized carbons (Fsp3) is 0.640. The molecule has 0 aliphatic heterocycles. The normalized spacial score (nSPS) is 43.9. The Bertz CT molecular complexity index is 1950. The predicted octanol–water partition coefficient (Wildman–Crippen LogP) is 9.76. The maximum atomic E-state index is 15.6. The van der Waals surface area contributed by atoms with Crippen molar-refractivity contribution in [3.05, 3.63) is 84.0 Å². The van der Waals surface area contributed by atoms with Crippen molar-refractivity contribution in [3.63, 3.8) is 0 Å². The van der Waals surface area contributed by atoms with Gasteiger partial charge in [-0.3, -0.25) is 4.79 Å². The number of carbonyl (C=O) groups is 2. The number of allylic oxidation sites excluding steroid dienone is 4. The van der Waals surface area contributed by atoms with Gasteiger partial charge < -0.3 is 20.4 Å². The number of rotatable bonds is 8. The number of fused-ring (bicyclic) bond motifs is 1. The average molecular weight is 757 g/mol. The Morgan fingerprint density at radius 1 is 0.786 bits per heavy atom. The number of hydrogen-bond acceptors (Lipinski definition) is 4. The van der Waals surface area contributed by atoms with Gasteiger partial charge in [0.1, 0.15) is 0 Å². The lowest BCUT2D eigenvalue weighted by Crippen LogP contribution is -2.68. The predicted molar refractivity (Wildman–Crippen MR) is 221 cm³/mol. The third-order valence-electron chi connectivity index (χ3n) is 18.1. The fourth-order valence-electron chi connectivity index (χ4n) is 16.0. The van der Waals surface area contributed by atoms with Gasteiger partial charge in [0.05, 0.1) is 18.2 Å². The molecule has 298 valence electrons. The second-order valence-corrected chi connectivity index (χ2v) is 21.4. The molecule has 7 saturated carbocycles. The quantitative estimate of drug-likeness (QED) is 0.185. The summed E-state index contributed by atoms with van der Waals surface area (Å²) in [5.74, 6) is 2.69. The topological polar surface area (TPSA) is 89.9 Å². The van der Waals surface area contributed by atoms with Crippen LogP contribution in [0.2, 0.25) is 0 Å². The van der Waals surface area contributed by atoms with E-state index in [1.807, 2.05) is 50.2 Å². The lowest BCUT2D eigenvalue weighted by molar-refractivity contribution is -0.176. The van der Waals surface area contributed by atoms with E-state index >= 15 is 4.79 Å². The first kappa shape index (κ1) is 37.1. The van der Waals surface area contributed by atoms with Crippen LogP contribution in [-0.4, -0.2) is 57.8 Å². The van der Waals surface area contributed by atoms with Crippen LogP contribution in [0.25, 0.3) is 11.1 Å². The number of benzene rings is 2. The molecular formula is C50H64N2O4. The molecule has 7 fully saturated rings. The summed E-state index contributed by atoms with van der Waals surface area (Å²) in [7, 11) is 0. The van der Waals surface area contributed by atoms with Gasteiger partial charge in [0.25, 0.3) is 0 Å². The van der Waals surface area contributed by atoms with E-state index in [-0.39, 0.29) is 40.5 Å². The first-order valence-corrected chi connectivity index (χ1v) is 22.3. The van der Waals surface area contributed by atoms with Gasteiger partial charge in [0.2, 0.25) is 0 Å². The molecule has 3 N–H and O–H groups in total. The molecule has 12 rings (SSSR count). The number of carbonyl (C=O) groups excluding carboxylic acids is 2. The number of amides is 2. The van der Waals surface area contributed by atoms with E-state index in [4.69, 9.17) is 0 Å². The molecule has 1 unspecified atom stereocenters. The average Bonchev–Trinajstić information content (AvgIpc) is 3.43. The van der Waals surface area contributed by atoms with Crippen molar-refractivity contribution in [3.8, 4) is 11.1 Å². The summed E-state index contributed by atoms with van der Waals surface area (Å²) in [6.45, 7) is 9.90. The SMILES string of the molecule is CC(C)NC(=O)N(CC12CC3CC(CC(C3)C1)C2)C[C@]1(O)CC[C@H]2[C@]34C=C[C@@]5(C=C3C(=O)c3ccccc3-c3ccccc3)CC(O)CC[C@]5(C)[C@H]4CC[C@@]21C. The minimum Gasteiger partial charge on any atom is -0.393 e. The maximum Gasteiger partial charge on any atom is 0.317 e. The van der Waals surface area contributed by atoms with Crippen LogP contribution < -0.4 is 5.32 Å². The van der Waals surface area contributed by atoms with Crippen molar-refractivity contribution in [2.75, 3.05) is 13.1 Å².